The molecule has 1 N–H and O–H groups in total. The van der Waals surface area contributed by atoms with Crippen LogP contribution in [0.25, 0.3) is 0 Å². The molecule has 0 spiro atoms. The lowest BCUT2D eigenvalue weighted by Gasteiger charge is -2.33. The molecule has 2 rings (SSSR count). The monoisotopic (exact) mass is 180 g/mol. The van der Waals surface area contributed by atoms with Gasteiger partial charge in [-0.15, -0.1) is 0 Å². The summed E-state index contributed by atoms with van der Waals surface area (Å²) in [4.78, 5) is 0. The normalized spacial score (nSPS) is 34.8. The predicted molar refractivity (Wildman–Crippen MR) is 50.2 cm³/mol. The van der Waals surface area contributed by atoms with E-state index in [1.165, 1.54) is 6.42 Å². The van der Waals surface area contributed by atoms with Crippen molar-refractivity contribution in [1.82, 2.24) is 0 Å². The van der Waals surface area contributed by atoms with Crippen molar-refractivity contribution < 1.29 is 9.52 Å². The second-order valence-electron chi connectivity index (χ2n) is 4.21. The predicted octanol–water partition coefficient (Wildman–Crippen LogP) is 2.68. The van der Waals surface area contributed by atoms with Crippen LogP contribution in [0.4, 0.5) is 0 Å². The zero-order chi connectivity index (χ0) is 9.31. The van der Waals surface area contributed by atoms with Crippen molar-refractivity contribution in [2.75, 3.05) is 0 Å². The van der Waals surface area contributed by atoms with Gasteiger partial charge in [0, 0.05) is 0 Å². The second kappa shape index (κ2) is 3.18. The Kier molecular flexibility index (Phi) is 2.16. The number of hydrogen-bond acceptors (Lipinski definition) is 2. The van der Waals surface area contributed by atoms with Crippen LogP contribution in [0.5, 0.6) is 0 Å². The lowest BCUT2D eigenvalue weighted by Crippen LogP contribution is -2.31. The summed E-state index contributed by atoms with van der Waals surface area (Å²) in [6, 6.07) is 3.71. The van der Waals surface area contributed by atoms with Crippen LogP contribution in [0.3, 0.4) is 0 Å². The number of hydrogen-bond donors (Lipinski definition) is 1. The average Bonchev–Trinajstić information content (AvgIpc) is 2.55. The molecule has 1 aliphatic rings. The summed E-state index contributed by atoms with van der Waals surface area (Å²) in [7, 11) is 0. The van der Waals surface area contributed by atoms with Crippen molar-refractivity contribution >= 4 is 0 Å². The topological polar surface area (TPSA) is 33.4 Å². The van der Waals surface area contributed by atoms with E-state index in [0.29, 0.717) is 5.92 Å². The fourth-order valence-corrected chi connectivity index (χ4v) is 2.29. The summed E-state index contributed by atoms with van der Waals surface area (Å²) in [5.74, 6) is 1.34. The van der Waals surface area contributed by atoms with Crippen LogP contribution in [-0.2, 0) is 5.60 Å². The molecule has 1 aromatic rings. The number of rotatable bonds is 1. The Hall–Kier alpha value is -0.760. The molecule has 1 saturated carbocycles. The molecule has 2 nitrogen and oxygen atoms in total. The highest BCUT2D eigenvalue weighted by atomic mass is 16.4. The van der Waals surface area contributed by atoms with Gasteiger partial charge in [-0.2, -0.15) is 0 Å². The van der Waals surface area contributed by atoms with Gasteiger partial charge < -0.3 is 9.52 Å². The molecule has 0 amide bonds. The number of aliphatic hydroxyl groups is 1. The first-order chi connectivity index (χ1) is 6.21. The van der Waals surface area contributed by atoms with Crippen molar-refractivity contribution in [3.63, 3.8) is 0 Å². The molecule has 1 fully saturated rings. The highest BCUT2D eigenvalue weighted by Gasteiger charge is 2.36. The average molecular weight is 180 g/mol. The fourth-order valence-electron chi connectivity index (χ4n) is 2.29. The number of furan rings is 1. The molecular formula is C11H16O2. The molecule has 0 aliphatic heterocycles. The Bertz CT molecular complexity index is 266. The zero-order valence-electron chi connectivity index (χ0n) is 7.99. The van der Waals surface area contributed by atoms with E-state index >= 15 is 0 Å². The first-order valence-corrected chi connectivity index (χ1v) is 4.97. The molecular weight excluding hydrogens is 164 g/mol. The summed E-state index contributed by atoms with van der Waals surface area (Å²) < 4.78 is 5.27. The molecule has 2 heteroatoms. The van der Waals surface area contributed by atoms with Gasteiger partial charge in [0.1, 0.15) is 11.4 Å². The van der Waals surface area contributed by atoms with E-state index in [0.717, 1.165) is 25.0 Å². The molecule has 13 heavy (non-hydrogen) atoms. The molecule has 72 valence electrons. The van der Waals surface area contributed by atoms with Crippen LogP contribution in [-0.4, -0.2) is 5.11 Å². The highest BCUT2D eigenvalue weighted by molar-refractivity contribution is 5.10. The van der Waals surface area contributed by atoms with Crippen molar-refractivity contribution in [3.05, 3.63) is 24.2 Å². The van der Waals surface area contributed by atoms with E-state index in [1.807, 2.05) is 12.1 Å². The lowest BCUT2D eigenvalue weighted by molar-refractivity contribution is -0.0356. The van der Waals surface area contributed by atoms with E-state index in [9.17, 15) is 5.11 Å². The van der Waals surface area contributed by atoms with Crippen LogP contribution < -0.4 is 0 Å². The molecule has 2 atom stereocenters. The lowest BCUT2D eigenvalue weighted by atomic mass is 9.77. The summed E-state index contributed by atoms with van der Waals surface area (Å²) in [6.07, 6.45) is 5.62. The van der Waals surface area contributed by atoms with Gasteiger partial charge in [0.05, 0.1) is 6.26 Å². The Morgan fingerprint density at radius 2 is 2.46 bits per heavy atom. The van der Waals surface area contributed by atoms with Crippen LogP contribution in [0, 0.1) is 5.92 Å². The first kappa shape index (κ1) is 8.82. The van der Waals surface area contributed by atoms with Gasteiger partial charge in [-0.1, -0.05) is 13.3 Å². The third kappa shape index (κ3) is 1.63. The third-order valence-corrected chi connectivity index (χ3v) is 2.95. The Morgan fingerprint density at radius 3 is 3.08 bits per heavy atom. The maximum atomic E-state index is 10.3. The van der Waals surface area contributed by atoms with E-state index in [2.05, 4.69) is 6.92 Å². The Labute approximate surface area is 78.6 Å². The van der Waals surface area contributed by atoms with Gasteiger partial charge in [0.2, 0.25) is 0 Å². The smallest absolute Gasteiger partial charge is 0.135 e. The van der Waals surface area contributed by atoms with Crippen molar-refractivity contribution in [2.24, 2.45) is 5.92 Å². The molecule has 0 bridgehead atoms. The van der Waals surface area contributed by atoms with E-state index in [4.69, 9.17) is 4.42 Å². The van der Waals surface area contributed by atoms with Gasteiger partial charge in [-0.05, 0) is 37.3 Å². The largest absolute Gasteiger partial charge is 0.466 e. The van der Waals surface area contributed by atoms with Gasteiger partial charge in [-0.25, -0.2) is 0 Å². The molecule has 0 saturated heterocycles. The van der Waals surface area contributed by atoms with Crippen LogP contribution in [0.1, 0.15) is 38.4 Å². The van der Waals surface area contributed by atoms with Crippen LogP contribution in [0.2, 0.25) is 0 Å². The van der Waals surface area contributed by atoms with Crippen molar-refractivity contribution in [3.8, 4) is 0 Å². The highest BCUT2D eigenvalue weighted by Crippen LogP contribution is 2.39. The van der Waals surface area contributed by atoms with Gasteiger partial charge >= 0.3 is 0 Å². The minimum absolute atomic E-state index is 0.601. The van der Waals surface area contributed by atoms with Crippen molar-refractivity contribution in [2.45, 2.75) is 38.2 Å². The molecule has 0 radical (unpaired) electrons. The van der Waals surface area contributed by atoms with E-state index in [-0.39, 0.29) is 0 Å². The molecule has 1 heterocycles. The second-order valence-corrected chi connectivity index (χ2v) is 4.21. The quantitative estimate of drug-likeness (QED) is 0.720. The maximum Gasteiger partial charge on any atom is 0.135 e. The standard InChI is InChI=1S/C11H16O2/c1-9-4-2-6-11(12,8-9)10-5-3-7-13-10/h3,5,7,9,12H,2,4,6,8H2,1H3. The van der Waals surface area contributed by atoms with Gasteiger partial charge in [0.25, 0.3) is 0 Å². The molecule has 2 unspecified atom stereocenters. The third-order valence-electron chi connectivity index (χ3n) is 2.95. The summed E-state index contributed by atoms with van der Waals surface area (Å²) in [5, 5.41) is 10.3. The molecule has 1 aromatic heterocycles. The minimum atomic E-state index is -0.693. The summed E-state index contributed by atoms with van der Waals surface area (Å²) in [6.45, 7) is 2.19. The van der Waals surface area contributed by atoms with E-state index < -0.39 is 5.60 Å². The van der Waals surface area contributed by atoms with Crippen LogP contribution >= 0.6 is 0 Å². The van der Waals surface area contributed by atoms with Crippen LogP contribution in [0.15, 0.2) is 22.8 Å². The van der Waals surface area contributed by atoms with E-state index in [1.54, 1.807) is 6.26 Å². The van der Waals surface area contributed by atoms with Gasteiger partial charge in [0.15, 0.2) is 0 Å². The Morgan fingerprint density at radius 1 is 1.62 bits per heavy atom. The maximum absolute atomic E-state index is 10.3. The first-order valence-electron chi connectivity index (χ1n) is 4.97. The molecule has 0 aromatic carbocycles. The summed E-state index contributed by atoms with van der Waals surface area (Å²) >= 11 is 0. The van der Waals surface area contributed by atoms with Gasteiger partial charge in [-0.3, -0.25) is 0 Å². The minimum Gasteiger partial charge on any atom is -0.466 e. The zero-order valence-corrected chi connectivity index (χ0v) is 7.99. The van der Waals surface area contributed by atoms with Crippen molar-refractivity contribution in [1.29, 1.82) is 0 Å². The summed E-state index contributed by atoms with van der Waals surface area (Å²) in [5.41, 5.74) is -0.693. The fraction of sp³-hybridized carbons (Fsp3) is 0.636. The SMILES string of the molecule is CC1CCCC(O)(c2ccco2)C1. The Balaban J connectivity index is 2.20. The molecule has 1 aliphatic carbocycles.